The van der Waals surface area contributed by atoms with Crippen LogP contribution in [-0.2, 0) is 16.4 Å². The first-order valence-corrected chi connectivity index (χ1v) is 8.95. The minimum Gasteiger partial charge on any atom is -0.232 e. The summed E-state index contributed by atoms with van der Waals surface area (Å²) in [5.74, 6) is 0. The van der Waals surface area contributed by atoms with E-state index in [-0.39, 0.29) is 14.7 Å². The zero-order valence-electron chi connectivity index (χ0n) is 10.5. The quantitative estimate of drug-likeness (QED) is 0.941. The number of nitrogens with zero attached hydrogens (tertiary/aromatic N) is 1. The summed E-state index contributed by atoms with van der Waals surface area (Å²) in [4.78, 5) is 3.79. The molecule has 0 saturated heterocycles. The highest BCUT2D eigenvalue weighted by Crippen LogP contribution is 2.31. The number of aryl methyl sites for hydroxylation is 1. The minimum absolute atomic E-state index is 0.158. The van der Waals surface area contributed by atoms with Gasteiger partial charge in [0.15, 0.2) is 8.68 Å². The highest BCUT2D eigenvalue weighted by Gasteiger charge is 2.26. The molecule has 7 heteroatoms. The molecule has 4 nitrogen and oxygen atoms in total. The van der Waals surface area contributed by atoms with Crippen molar-refractivity contribution < 1.29 is 8.42 Å². The second kappa shape index (κ2) is 5.44. The average molecular weight is 329 g/mol. The van der Waals surface area contributed by atoms with E-state index in [0.717, 1.165) is 36.2 Å². The van der Waals surface area contributed by atoms with Crippen LogP contribution in [0.5, 0.6) is 0 Å². The number of thiazole rings is 1. The van der Waals surface area contributed by atoms with Crippen molar-refractivity contribution in [3.8, 4) is 0 Å². The molecule has 1 aliphatic carbocycles. The lowest BCUT2D eigenvalue weighted by atomic mass is 9.88. The van der Waals surface area contributed by atoms with E-state index < -0.39 is 10.0 Å². The number of halogens is 1. The Labute approximate surface area is 126 Å². The molecule has 1 atom stereocenters. The van der Waals surface area contributed by atoms with Gasteiger partial charge in [-0.25, -0.2) is 18.1 Å². The molecule has 3 rings (SSSR count). The summed E-state index contributed by atoms with van der Waals surface area (Å²) in [6, 6.07) is 7.79. The Morgan fingerprint density at radius 1 is 1.35 bits per heavy atom. The first kappa shape index (κ1) is 14.0. The van der Waals surface area contributed by atoms with Crippen LogP contribution in [0.3, 0.4) is 0 Å². The highest BCUT2D eigenvalue weighted by atomic mass is 35.5. The first-order valence-electron chi connectivity index (χ1n) is 6.28. The third kappa shape index (κ3) is 2.74. The predicted molar refractivity (Wildman–Crippen MR) is 79.6 cm³/mol. The SMILES string of the molecule is O=S(=O)(NC1CCCc2ccccc21)c1cnc(Cl)s1. The molecule has 0 bridgehead atoms. The van der Waals surface area contributed by atoms with Gasteiger partial charge in [-0.1, -0.05) is 47.2 Å². The summed E-state index contributed by atoms with van der Waals surface area (Å²) in [5, 5.41) is 0. The summed E-state index contributed by atoms with van der Waals surface area (Å²) in [6.45, 7) is 0. The Bertz CT molecular complexity index is 727. The molecule has 1 N–H and O–H groups in total. The van der Waals surface area contributed by atoms with Crippen molar-refractivity contribution >= 4 is 33.0 Å². The number of rotatable bonds is 3. The van der Waals surface area contributed by atoms with Gasteiger partial charge in [0.05, 0.1) is 6.20 Å². The van der Waals surface area contributed by atoms with Crippen LogP contribution in [0, 0.1) is 0 Å². The van der Waals surface area contributed by atoms with Crippen molar-refractivity contribution in [2.45, 2.75) is 29.5 Å². The van der Waals surface area contributed by atoms with E-state index in [1.165, 1.54) is 11.8 Å². The first-order chi connectivity index (χ1) is 9.56. The van der Waals surface area contributed by atoms with E-state index >= 15 is 0 Å². The monoisotopic (exact) mass is 328 g/mol. The maximum absolute atomic E-state index is 12.3. The standard InChI is InChI=1S/C13H13ClN2O2S2/c14-13-15-8-12(19-13)20(17,18)16-11-7-3-5-9-4-1-2-6-10(9)11/h1-2,4,6,8,11,16H,3,5,7H2. The lowest BCUT2D eigenvalue weighted by Crippen LogP contribution is -2.30. The molecule has 1 heterocycles. The van der Waals surface area contributed by atoms with Crippen molar-refractivity contribution in [1.29, 1.82) is 0 Å². The third-order valence-corrected chi connectivity index (χ3v) is 6.44. The molecule has 0 fully saturated rings. The van der Waals surface area contributed by atoms with Gasteiger partial charge in [0.2, 0.25) is 0 Å². The van der Waals surface area contributed by atoms with Crippen LogP contribution < -0.4 is 4.72 Å². The Balaban J connectivity index is 1.89. The van der Waals surface area contributed by atoms with Crippen LogP contribution in [0.4, 0.5) is 0 Å². The van der Waals surface area contributed by atoms with Gasteiger partial charge in [0.25, 0.3) is 10.0 Å². The molecule has 0 amide bonds. The van der Waals surface area contributed by atoms with Crippen LogP contribution in [0.1, 0.15) is 30.0 Å². The van der Waals surface area contributed by atoms with Gasteiger partial charge in [0.1, 0.15) is 0 Å². The highest BCUT2D eigenvalue weighted by molar-refractivity contribution is 7.91. The zero-order valence-corrected chi connectivity index (χ0v) is 12.9. The van der Waals surface area contributed by atoms with Crippen molar-refractivity contribution in [3.05, 3.63) is 46.1 Å². The number of hydrogen-bond acceptors (Lipinski definition) is 4. The normalized spacial score (nSPS) is 18.8. The fraction of sp³-hybridized carbons (Fsp3) is 0.308. The molecule has 1 unspecified atom stereocenters. The number of nitrogens with one attached hydrogen (secondary N) is 1. The molecule has 0 radical (unpaired) electrons. The van der Waals surface area contributed by atoms with Crippen LogP contribution in [-0.4, -0.2) is 13.4 Å². The number of sulfonamides is 1. The van der Waals surface area contributed by atoms with Crippen molar-refractivity contribution in [2.24, 2.45) is 0 Å². The summed E-state index contributed by atoms with van der Waals surface area (Å²) in [7, 11) is -3.56. The maximum atomic E-state index is 12.3. The number of fused-ring (bicyclic) bond motifs is 1. The van der Waals surface area contributed by atoms with Gasteiger partial charge in [-0.3, -0.25) is 0 Å². The second-order valence-electron chi connectivity index (χ2n) is 4.70. The lowest BCUT2D eigenvalue weighted by Gasteiger charge is -2.25. The Kier molecular flexibility index (Phi) is 3.81. The zero-order chi connectivity index (χ0) is 14.2. The molecular weight excluding hydrogens is 316 g/mol. The van der Waals surface area contributed by atoms with Gasteiger partial charge in [-0.15, -0.1) is 0 Å². The number of hydrogen-bond donors (Lipinski definition) is 1. The number of aromatic nitrogens is 1. The topological polar surface area (TPSA) is 59.1 Å². The third-order valence-electron chi connectivity index (χ3n) is 3.39. The average Bonchev–Trinajstić information content (AvgIpc) is 2.86. The predicted octanol–water partition coefficient (Wildman–Crippen LogP) is 3.15. The molecule has 1 aromatic carbocycles. The Hall–Kier alpha value is -0.950. The van der Waals surface area contributed by atoms with E-state index in [9.17, 15) is 8.42 Å². The van der Waals surface area contributed by atoms with Crippen molar-refractivity contribution in [2.75, 3.05) is 0 Å². The van der Waals surface area contributed by atoms with Gasteiger partial charge < -0.3 is 0 Å². The fourth-order valence-corrected chi connectivity index (χ4v) is 5.04. The van der Waals surface area contributed by atoms with E-state index in [2.05, 4.69) is 15.8 Å². The van der Waals surface area contributed by atoms with Gasteiger partial charge >= 0.3 is 0 Å². The largest absolute Gasteiger partial charge is 0.252 e. The number of benzene rings is 1. The molecular formula is C13H13ClN2O2S2. The van der Waals surface area contributed by atoms with Crippen LogP contribution in [0.15, 0.2) is 34.7 Å². The molecule has 0 saturated carbocycles. The summed E-state index contributed by atoms with van der Waals surface area (Å²) in [6.07, 6.45) is 4.08. The second-order valence-corrected chi connectivity index (χ2v) is 8.25. The van der Waals surface area contributed by atoms with Gasteiger partial charge in [0, 0.05) is 6.04 Å². The van der Waals surface area contributed by atoms with Crippen molar-refractivity contribution in [1.82, 2.24) is 9.71 Å². The van der Waals surface area contributed by atoms with Crippen molar-refractivity contribution in [3.63, 3.8) is 0 Å². The molecule has 0 spiro atoms. The van der Waals surface area contributed by atoms with E-state index in [1.807, 2.05) is 18.2 Å². The lowest BCUT2D eigenvalue weighted by molar-refractivity contribution is 0.508. The van der Waals surface area contributed by atoms with E-state index in [1.54, 1.807) is 0 Å². The minimum atomic E-state index is -3.56. The Morgan fingerprint density at radius 3 is 2.90 bits per heavy atom. The summed E-state index contributed by atoms with van der Waals surface area (Å²) in [5.41, 5.74) is 2.28. The van der Waals surface area contributed by atoms with Crippen LogP contribution in [0.2, 0.25) is 4.47 Å². The molecule has 1 aliphatic rings. The van der Waals surface area contributed by atoms with Crippen LogP contribution >= 0.6 is 22.9 Å². The van der Waals surface area contributed by atoms with E-state index in [0.29, 0.717) is 0 Å². The van der Waals surface area contributed by atoms with Gasteiger partial charge in [-0.05, 0) is 30.4 Å². The molecule has 106 valence electrons. The fourth-order valence-electron chi connectivity index (χ4n) is 2.49. The van der Waals surface area contributed by atoms with Gasteiger partial charge in [-0.2, -0.15) is 0 Å². The Morgan fingerprint density at radius 2 is 2.15 bits per heavy atom. The summed E-state index contributed by atoms with van der Waals surface area (Å²) >= 11 is 6.67. The molecule has 20 heavy (non-hydrogen) atoms. The van der Waals surface area contributed by atoms with E-state index in [4.69, 9.17) is 11.6 Å². The maximum Gasteiger partial charge on any atom is 0.252 e. The molecule has 1 aromatic heterocycles. The smallest absolute Gasteiger partial charge is 0.232 e. The molecule has 0 aliphatic heterocycles. The summed E-state index contributed by atoms with van der Waals surface area (Å²) < 4.78 is 27.8. The van der Waals surface area contributed by atoms with Crippen LogP contribution in [0.25, 0.3) is 0 Å². The molecule has 2 aromatic rings.